The van der Waals surface area contributed by atoms with E-state index in [9.17, 15) is 10.1 Å². The Morgan fingerprint density at radius 2 is 1.78 bits per heavy atom. The van der Waals surface area contributed by atoms with Gasteiger partial charge in [0.2, 0.25) is 0 Å². The number of benzene rings is 2. The molecule has 2 heterocycles. The van der Waals surface area contributed by atoms with Gasteiger partial charge in [0.25, 0.3) is 0 Å². The third-order valence-electron chi connectivity index (χ3n) is 6.40. The third-order valence-corrected chi connectivity index (χ3v) is 6.40. The summed E-state index contributed by atoms with van der Waals surface area (Å²) in [5.41, 5.74) is 3.33. The van der Waals surface area contributed by atoms with Crippen molar-refractivity contribution >= 4 is 6.09 Å². The highest BCUT2D eigenvalue weighted by atomic mass is 16.6. The lowest BCUT2D eigenvalue weighted by atomic mass is 9.93. The summed E-state index contributed by atoms with van der Waals surface area (Å²) in [7, 11) is 0. The summed E-state index contributed by atoms with van der Waals surface area (Å²) in [6, 6.07) is 19.9. The minimum Gasteiger partial charge on any atom is -0.457 e. The number of unbranched alkanes of at least 4 members (excludes halogenated alkanes) is 1. The van der Waals surface area contributed by atoms with E-state index in [0.717, 1.165) is 54.0 Å². The number of nitrogens with zero attached hydrogens (tertiary/aromatic N) is 3. The Morgan fingerprint density at radius 3 is 2.42 bits per heavy atom. The number of carbonyl (C=O) groups excluding carboxylic acids is 1. The molecule has 1 saturated heterocycles. The van der Waals surface area contributed by atoms with Crippen LogP contribution < -0.4 is 4.74 Å². The Balaban J connectivity index is 1.60. The molecule has 3 aromatic rings. The number of aromatic nitrogens is 1. The monoisotopic (exact) mass is 485 g/mol. The molecule has 1 aliphatic heterocycles. The second-order valence-electron chi connectivity index (χ2n) is 10.3. The van der Waals surface area contributed by atoms with Gasteiger partial charge in [0.05, 0.1) is 0 Å². The van der Waals surface area contributed by atoms with Crippen LogP contribution in [0.25, 0.3) is 5.69 Å². The van der Waals surface area contributed by atoms with Gasteiger partial charge < -0.3 is 18.9 Å². The molecule has 6 nitrogen and oxygen atoms in total. The average Bonchev–Trinajstić information content (AvgIpc) is 3.48. The van der Waals surface area contributed by atoms with E-state index >= 15 is 0 Å². The van der Waals surface area contributed by atoms with Crippen LogP contribution >= 0.6 is 0 Å². The fraction of sp³-hybridized carbons (Fsp3) is 0.400. The molecule has 0 bridgehead atoms. The molecule has 0 radical (unpaired) electrons. The van der Waals surface area contributed by atoms with Crippen molar-refractivity contribution in [1.82, 2.24) is 9.47 Å². The van der Waals surface area contributed by atoms with E-state index in [-0.39, 0.29) is 12.0 Å². The number of likely N-dealkylation sites (tertiary alicyclic amines) is 1. The van der Waals surface area contributed by atoms with Crippen molar-refractivity contribution in [3.63, 3.8) is 0 Å². The molecule has 6 heteroatoms. The average molecular weight is 486 g/mol. The van der Waals surface area contributed by atoms with Crippen molar-refractivity contribution in [2.45, 2.75) is 64.9 Å². The van der Waals surface area contributed by atoms with Crippen molar-refractivity contribution in [2.75, 3.05) is 13.1 Å². The van der Waals surface area contributed by atoms with Gasteiger partial charge in [0.15, 0.2) is 0 Å². The van der Waals surface area contributed by atoms with Crippen LogP contribution in [0.15, 0.2) is 60.8 Å². The lowest BCUT2D eigenvalue weighted by Crippen LogP contribution is -2.35. The van der Waals surface area contributed by atoms with Crippen LogP contribution in [0.2, 0.25) is 0 Å². The summed E-state index contributed by atoms with van der Waals surface area (Å²) in [6.45, 7) is 9.08. The molecular formula is C30H35N3O3. The van der Waals surface area contributed by atoms with Gasteiger partial charge in [-0.05, 0) is 87.6 Å². The molecule has 1 aromatic heterocycles. The number of ether oxygens (including phenoxy) is 2. The van der Waals surface area contributed by atoms with E-state index in [4.69, 9.17) is 9.47 Å². The summed E-state index contributed by atoms with van der Waals surface area (Å²) in [5, 5.41) is 10.2. The molecule has 1 atom stereocenters. The molecule has 1 amide bonds. The molecule has 1 aliphatic rings. The van der Waals surface area contributed by atoms with Crippen LogP contribution in [-0.2, 0) is 11.2 Å². The minimum absolute atomic E-state index is 0.179. The molecular weight excluding hydrogens is 450 g/mol. The van der Waals surface area contributed by atoms with Crippen LogP contribution in [0.1, 0.15) is 69.7 Å². The summed E-state index contributed by atoms with van der Waals surface area (Å²) in [5.74, 6) is 1.70. The molecule has 0 saturated carbocycles. The minimum atomic E-state index is -0.519. The number of hydrogen-bond donors (Lipinski definition) is 0. The highest BCUT2D eigenvalue weighted by Gasteiger charge is 2.33. The van der Waals surface area contributed by atoms with Crippen molar-refractivity contribution < 1.29 is 14.3 Å². The Labute approximate surface area is 214 Å². The van der Waals surface area contributed by atoms with Gasteiger partial charge in [-0.15, -0.1) is 0 Å². The molecule has 0 spiro atoms. The van der Waals surface area contributed by atoms with Crippen LogP contribution in [0, 0.1) is 11.3 Å². The Kier molecular flexibility index (Phi) is 7.69. The third kappa shape index (κ3) is 5.91. The highest BCUT2D eigenvalue weighted by Crippen LogP contribution is 2.35. The molecule has 4 rings (SSSR count). The SMILES string of the molecule is CCCCc1c(C2CCN(C(=O)OC(C)(C)C)C2)cn(-c2ccc(Oc3ccccc3)cc2)c1C#N. The molecule has 2 aromatic carbocycles. The van der Waals surface area contributed by atoms with E-state index in [1.165, 1.54) is 0 Å². The first-order valence-electron chi connectivity index (χ1n) is 12.7. The highest BCUT2D eigenvalue weighted by molar-refractivity contribution is 5.68. The fourth-order valence-electron chi connectivity index (χ4n) is 4.66. The van der Waals surface area contributed by atoms with Gasteiger partial charge in [-0.25, -0.2) is 4.79 Å². The van der Waals surface area contributed by atoms with E-state index in [1.807, 2.05) is 79.9 Å². The molecule has 188 valence electrons. The second-order valence-corrected chi connectivity index (χ2v) is 10.3. The number of rotatable bonds is 7. The van der Waals surface area contributed by atoms with Crippen molar-refractivity contribution in [3.05, 3.63) is 77.6 Å². The maximum atomic E-state index is 12.6. The zero-order valence-corrected chi connectivity index (χ0v) is 21.7. The molecule has 1 unspecified atom stereocenters. The molecule has 0 N–H and O–H groups in total. The van der Waals surface area contributed by atoms with Gasteiger partial charge in [0, 0.05) is 30.9 Å². The maximum absolute atomic E-state index is 12.6. The van der Waals surface area contributed by atoms with Gasteiger partial charge in [0.1, 0.15) is 28.9 Å². The summed E-state index contributed by atoms with van der Waals surface area (Å²) >= 11 is 0. The topological polar surface area (TPSA) is 67.5 Å². The summed E-state index contributed by atoms with van der Waals surface area (Å²) in [6.07, 6.45) is 5.60. The number of nitriles is 1. The zero-order chi connectivity index (χ0) is 25.7. The zero-order valence-electron chi connectivity index (χ0n) is 21.7. The van der Waals surface area contributed by atoms with Crippen LogP contribution in [0.5, 0.6) is 11.5 Å². The predicted molar refractivity (Wildman–Crippen MR) is 141 cm³/mol. The van der Waals surface area contributed by atoms with E-state index in [1.54, 1.807) is 4.90 Å². The van der Waals surface area contributed by atoms with Crippen molar-refractivity contribution in [2.24, 2.45) is 0 Å². The van der Waals surface area contributed by atoms with Crippen LogP contribution in [0.4, 0.5) is 4.79 Å². The lowest BCUT2D eigenvalue weighted by molar-refractivity contribution is 0.0292. The standard InChI is InChI=1S/C30H35N3O3/c1-5-6-12-26-27(22-17-18-32(20-22)29(34)36-30(2,3)4)21-33(28(26)19-31)23-13-15-25(16-14-23)35-24-10-8-7-9-11-24/h7-11,13-16,21-22H,5-6,12,17-18,20H2,1-4H3. The smallest absolute Gasteiger partial charge is 0.410 e. The predicted octanol–water partition coefficient (Wildman–Crippen LogP) is 7.21. The first-order chi connectivity index (χ1) is 17.3. The molecule has 36 heavy (non-hydrogen) atoms. The molecule has 1 fully saturated rings. The first kappa shape index (κ1) is 25.4. The number of para-hydroxylation sites is 1. The summed E-state index contributed by atoms with van der Waals surface area (Å²) in [4.78, 5) is 14.4. The van der Waals surface area contributed by atoms with Crippen molar-refractivity contribution in [3.8, 4) is 23.3 Å². The first-order valence-corrected chi connectivity index (χ1v) is 12.7. The Hall–Kier alpha value is -3.72. The number of hydrogen-bond acceptors (Lipinski definition) is 4. The quantitative estimate of drug-likeness (QED) is 0.355. The van der Waals surface area contributed by atoms with Crippen LogP contribution in [0.3, 0.4) is 0 Å². The van der Waals surface area contributed by atoms with Gasteiger partial charge in [-0.2, -0.15) is 5.26 Å². The van der Waals surface area contributed by atoms with Gasteiger partial charge >= 0.3 is 6.09 Å². The lowest BCUT2D eigenvalue weighted by Gasteiger charge is -2.24. The van der Waals surface area contributed by atoms with E-state index in [0.29, 0.717) is 18.8 Å². The Morgan fingerprint density at radius 1 is 1.08 bits per heavy atom. The summed E-state index contributed by atoms with van der Waals surface area (Å²) < 4.78 is 13.5. The number of carbonyl (C=O) groups is 1. The maximum Gasteiger partial charge on any atom is 0.410 e. The molecule has 0 aliphatic carbocycles. The second kappa shape index (κ2) is 10.9. The number of amides is 1. The normalized spacial score (nSPS) is 15.5. The fourth-order valence-corrected chi connectivity index (χ4v) is 4.66. The van der Waals surface area contributed by atoms with Crippen LogP contribution in [-0.4, -0.2) is 34.3 Å². The largest absolute Gasteiger partial charge is 0.457 e. The van der Waals surface area contributed by atoms with E-state index < -0.39 is 5.60 Å². The van der Waals surface area contributed by atoms with Crippen molar-refractivity contribution in [1.29, 1.82) is 5.26 Å². The van der Waals surface area contributed by atoms with E-state index in [2.05, 4.69) is 19.2 Å². The Bertz CT molecular complexity index is 1220. The van der Waals surface area contributed by atoms with Gasteiger partial charge in [-0.1, -0.05) is 31.5 Å². The van der Waals surface area contributed by atoms with Gasteiger partial charge in [-0.3, -0.25) is 0 Å².